The van der Waals surface area contributed by atoms with E-state index in [0.717, 1.165) is 17.2 Å². The second-order valence-electron chi connectivity index (χ2n) is 4.13. The largest absolute Gasteiger partial charge is 0.332 e. The lowest BCUT2D eigenvalue weighted by Gasteiger charge is -1.98. The first-order chi connectivity index (χ1) is 8.83. The zero-order chi connectivity index (χ0) is 12.4. The molecule has 18 heavy (non-hydrogen) atoms. The maximum Gasteiger partial charge on any atom is 0.123 e. The third-order valence-corrected chi connectivity index (χ3v) is 3.99. The lowest BCUT2D eigenvalue weighted by molar-refractivity contribution is 0.802. The molecule has 0 atom stereocenters. The summed E-state index contributed by atoms with van der Waals surface area (Å²) in [6.07, 6.45) is 5.61. The fourth-order valence-electron chi connectivity index (χ4n) is 1.83. The van der Waals surface area contributed by atoms with Gasteiger partial charge in [-0.05, 0) is 6.92 Å². The quantitative estimate of drug-likeness (QED) is 0.718. The summed E-state index contributed by atoms with van der Waals surface area (Å²) in [6, 6.07) is 10.3. The van der Waals surface area contributed by atoms with Crippen LogP contribution in [0.4, 0.5) is 0 Å². The lowest BCUT2D eigenvalue weighted by atomic mass is 10.2. The Morgan fingerprint density at radius 3 is 2.78 bits per heavy atom. The van der Waals surface area contributed by atoms with Crippen molar-refractivity contribution < 1.29 is 0 Å². The number of hydrogen-bond acceptors (Lipinski definition) is 3. The molecule has 0 aliphatic rings. The van der Waals surface area contributed by atoms with Crippen LogP contribution in [-0.2, 0) is 6.54 Å². The number of aryl methyl sites for hydroxylation is 1. The Labute approximate surface area is 110 Å². The Kier molecular flexibility index (Phi) is 2.94. The molecule has 0 radical (unpaired) electrons. The van der Waals surface area contributed by atoms with E-state index in [1.807, 2.05) is 30.7 Å². The number of hydrogen-bond donors (Lipinski definition) is 0. The Hall–Kier alpha value is -1.94. The van der Waals surface area contributed by atoms with Gasteiger partial charge < -0.3 is 4.57 Å². The molecule has 0 saturated carbocycles. The highest BCUT2D eigenvalue weighted by Gasteiger charge is 2.09. The minimum atomic E-state index is 0.844. The van der Waals surface area contributed by atoms with Gasteiger partial charge in [-0.25, -0.2) is 9.97 Å². The molecule has 0 unspecified atom stereocenters. The fraction of sp³-hybridized carbons (Fsp3) is 0.143. The van der Waals surface area contributed by atoms with Crippen LogP contribution in [0.15, 0.2) is 49.1 Å². The zero-order valence-electron chi connectivity index (χ0n) is 10.1. The molecule has 0 N–H and O–H groups in total. The third kappa shape index (κ3) is 2.19. The van der Waals surface area contributed by atoms with Gasteiger partial charge in [-0.1, -0.05) is 30.3 Å². The number of aromatic nitrogens is 3. The summed E-state index contributed by atoms with van der Waals surface area (Å²) in [5.41, 5.74) is 2.29. The van der Waals surface area contributed by atoms with Crippen LogP contribution in [-0.4, -0.2) is 14.5 Å². The summed E-state index contributed by atoms with van der Waals surface area (Å²) in [5, 5.41) is 1.09. The number of nitrogens with zero attached hydrogens (tertiary/aromatic N) is 3. The van der Waals surface area contributed by atoms with E-state index < -0.39 is 0 Å². The molecule has 0 saturated heterocycles. The van der Waals surface area contributed by atoms with Gasteiger partial charge in [0.2, 0.25) is 0 Å². The predicted octanol–water partition coefficient (Wildman–Crippen LogP) is 3.36. The molecule has 3 nitrogen and oxygen atoms in total. The highest BCUT2D eigenvalue weighted by atomic mass is 32.1. The summed E-state index contributed by atoms with van der Waals surface area (Å²) in [4.78, 5) is 9.99. The number of thiazole rings is 1. The zero-order valence-corrected chi connectivity index (χ0v) is 10.9. The van der Waals surface area contributed by atoms with E-state index in [1.165, 1.54) is 10.4 Å². The summed E-state index contributed by atoms with van der Waals surface area (Å²) in [7, 11) is 0. The van der Waals surface area contributed by atoms with Crippen molar-refractivity contribution >= 4 is 11.3 Å². The molecule has 0 aliphatic carbocycles. The Bertz CT molecular complexity index is 626. The van der Waals surface area contributed by atoms with Gasteiger partial charge in [0.15, 0.2) is 0 Å². The first kappa shape index (κ1) is 11.2. The third-order valence-electron chi connectivity index (χ3n) is 2.80. The molecular weight excluding hydrogens is 242 g/mol. The molecule has 0 amide bonds. The fourth-order valence-corrected chi connectivity index (χ4v) is 2.90. The van der Waals surface area contributed by atoms with Crippen molar-refractivity contribution in [3.8, 4) is 10.6 Å². The van der Waals surface area contributed by atoms with Crippen LogP contribution >= 0.6 is 11.3 Å². The minimum Gasteiger partial charge on any atom is -0.332 e. The smallest absolute Gasteiger partial charge is 0.123 e. The molecule has 4 heteroatoms. The summed E-state index contributed by atoms with van der Waals surface area (Å²) >= 11 is 1.75. The van der Waals surface area contributed by atoms with E-state index in [2.05, 4.69) is 33.6 Å². The normalized spacial score (nSPS) is 10.7. The SMILES string of the molecule is Cc1nc(-c2ccccc2)sc1Cn1ccnc1. The second kappa shape index (κ2) is 4.74. The van der Waals surface area contributed by atoms with Crippen molar-refractivity contribution in [2.75, 3.05) is 0 Å². The Morgan fingerprint density at radius 2 is 2.06 bits per heavy atom. The van der Waals surface area contributed by atoms with Crippen molar-refractivity contribution in [2.45, 2.75) is 13.5 Å². The topological polar surface area (TPSA) is 30.7 Å². The van der Waals surface area contributed by atoms with Crippen molar-refractivity contribution in [1.29, 1.82) is 0 Å². The van der Waals surface area contributed by atoms with E-state index in [4.69, 9.17) is 0 Å². The lowest BCUT2D eigenvalue weighted by Crippen LogP contribution is -1.95. The number of rotatable bonds is 3. The second-order valence-corrected chi connectivity index (χ2v) is 5.21. The molecule has 0 bridgehead atoms. The van der Waals surface area contributed by atoms with Gasteiger partial charge >= 0.3 is 0 Å². The molecule has 1 aromatic carbocycles. The average Bonchev–Trinajstić information content (AvgIpc) is 3.02. The number of benzene rings is 1. The van der Waals surface area contributed by atoms with Crippen molar-refractivity contribution in [3.63, 3.8) is 0 Å². The predicted molar refractivity (Wildman–Crippen MR) is 73.6 cm³/mol. The van der Waals surface area contributed by atoms with E-state index in [9.17, 15) is 0 Å². The van der Waals surface area contributed by atoms with Gasteiger partial charge in [-0.3, -0.25) is 0 Å². The Morgan fingerprint density at radius 1 is 1.22 bits per heavy atom. The van der Waals surface area contributed by atoms with Crippen LogP contribution in [0, 0.1) is 6.92 Å². The van der Waals surface area contributed by atoms with E-state index in [1.54, 1.807) is 17.5 Å². The maximum atomic E-state index is 4.65. The Balaban J connectivity index is 1.91. The molecule has 0 aliphatic heterocycles. The van der Waals surface area contributed by atoms with Gasteiger partial charge in [0.1, 0.15) is 5.01 Å². The highest BCUT2D eigenvalue weighted by Crippen LogP contribution is 2.28. The van der Waals surface area contributed by atoms with Crippen molar-refractivity contribution in [2.24, 2.45) is 0 Å². The summed E-state index contributed by atoms with van der Waals surface area (Å²) in [5.74, 6) is 0. The van der Waals surface area contributed by atoms with Crippen LogP contribution in [0.1, 0.15) is 10.6 Å². The van der Waals surface area contributed by atoms with Crippen molar-refractivity contribution in [3.05, 3.63) is 59.6 Å². The van der Waals surface area contributed by atoms with Gasteiger partial charge in [-0.2, -0.15) is 0 Å². The molecule has 2 heterocycles. The average molecular weight is 255 g/mol. The van der Waals surface area contributed by atoms with Gasteiger partial charge in [0.25, 0.3) is 0 Å². The van der Waals surface area contributed by atoms with Crippen LogP contribution in [0.25, 0.3) is 10.6 Å². The minimum absolute atomic E-state index is 0.844. The number of imidazole rings is 1. The first-order valence-electron chi connectivity index (χ1n) is 5.80. The van der Waals surface area contributed by atoms with Crippen LogP contribution in [0.3, 0.4) is 0 Å². The first-order valence-corrected chi connectivity index (χ1v) is 6.62. The molecule has 90 valence electrons. The maximum absolute atomic E-state index is 4.65. The monoisotopic (exact) mass is 255 g/mol. The van der Waals surface area contributed by atoms with Gasteiger partial charge in [0, 0.05) is 22.8 Å². The molecule has 0 fully saturated rings. The van der Waals surface area contributed by atoms with E-state index in [0.29, 0.717) is 0 Å². The standard InChI is InChI=1S/C14H13N3S/c1-11-13(9-17-8-7-15-10-17)18-14(16-11)12-5-3-2-4-6-12/h2-8,10H,9H2,1H3. The van der Waals surface area contributed by atoms with Crippen LogP contribution in [0.2, 0.25) is 0 Å². The highest BCUT2D eigenvalue weighted by molar-refractivity contribution is 7.15. The molecule has 0 spiro atoms. The molecule has 3 aromatic rings. The van der Waals surface area contributed by atoms with Crippen LogP contribution < -0.4 is 0 Å². The molecular formula is C14H13N3S. The van der Waals surface area contributed by atoms with E-state index >= 15 is 0 Å². The summed E-state index contributed by atoms with van der Waals surface area (Å²) in [6.45, 7) is 2.91. The van der Waals surface area contributed by atoms with Crippen LogP contribution in [0.5, 0.6) is 0 Å². The van der Waals surface area contributed by atoms with E-state index in [-0.39, 0.29) is 0 Å². The van der Waals surface area contributed by atoms with Gasteiger partial charge in [-0.15, -0.1) is 11.3 Å². The molecule has 2 aromatic heterocycles. The molecule has 3 rings (SSSR count). The van der Waals surface area contributed by atoms with Crippen molar-refractivity contribution in [1.82, 2.24) is 14.5 Å². The van der Waals surface area contributed by atoms with Gasteiger partial charge in [0.05, 0.1) is 18.6 Å². The summed E-state index contributed by atoms with van der Waals surface area (Å²) < 4.78 is 2.06.